The van der Waals surface area contributed by atoms with Gasteiger partial charge in [-0.3, -0.25) is 0 Å². The Morgan fingerprint density at radius 2 is 2.22 bits per heavy atom. The standard InChI is InChI=1S/C14H14ClNOS/c15-12-7-10(9-17)1-2-13(12)16-5-3-14-11(8-16)4-6-18-14/h1-2,4,6-7,17H,3,5,8-9H2. The van der Waals surface area contributed by atoms with E-state index in [1.165, 1.54) is 10.4 Å². The van der Waals surface area contributed by atoms with Gasteiger partial charge in [0.1, 0.15) is 0 Å². The lowest BCUT2D eigenvalue weighted by Gasteiger charge is -2.29. The van der Waals surface area contributed by atoms with Gasteiger partial charge in [-0.05, 0) is 41.1 Å². The van der Waals surface area contributed by atoms with E-state index in [1.54, 1.807) is 0 Å². The molecule has 4 heteroatoms. The lowest BCUT2D eigenvalue weighted by Crippen LogP contribution is -2.29. The fraction of sp³-hybridized carbons (Fsp3) is 0.286. The minimum absolute atomic E-state index is 0.0364. The van der Waals surface area contributed by atoms with Crippen LogP contribution in [0.25, 0.3) is 0 Å². The zero-order valence-corrected chi connectivity index (χ0v) is 11.5. The molecule has 1 aliphatic heterocycles. The molecule has 3 rings (SSSR count). The minimum Gasteiger partial charge on any atom is -0.392 e. The van der Waals surface area contributed by atoms with Gasteiger partial charge in [0.05, 0.1) is 17.3 Å². The van der Waals surface area contributed by atoms with Crippen LogP contribution in [0.4, 0.5) is 5.69 Å². The molecule has 0 bridgehead atoms. The molecule has 18 heavy (non-hydrogen) atoms. The molecule has 1 aliphatic rings. The van der Waals surface area contributed by atoms with Crippen molar-refractivity contribution in [1.82, 2.24) is 0 Å². The van der Waals surface area contributed by atoms with Gasteiger partial charge in [-0.25, -0.2) is 0 Å². The Hall–Kier alpha value is -1.03. The average Bonchev–Trinajstić information content (AvgIpc) is 2.85. The zero-order chi connectivity index (χ0) is 12.5. The van der Waals surface area contributed by atoms with E-state index in [2.05, 4.69) is 16.3 Å². The molecule has 0 saturated carbocycles. The van der Waals surface area contributed by atoms with Gasteiger partial charge in [0.2, 0.25) is 0 Å². The topological polar surface area (TPSA) is 23.5 Å². The van der Waals surface area contributed by atoms with Crippen molar-refractivity contribution in [2.24, 2.45) is 0 Å². The molecule has 2 aromatic rings. The molecular formula is C14H14ClNOS. The number of aliphatic hydroxyl groups excluding tert-OH is 1. The second-order valence-electron chi connectivity index (χ2n) is 4.48. The summed E-state index contributed by atoms with van der Waals surface area (Å²) in [5.74, 6) is 0. The van der Waals surface area contributed by atoms with E-state index in [0.717, 1.165) is 35.8 Å². The van der Waals surface area contributed by atoms with Crippen molar-refractivity contribution in [3.8, 4) is 0 Å². The predicted molar refractivity (Wildman–Crippen MR) is 76.4 cm³/mol. The number of rotatable bonds is 2. The highest BCUT2D eigenvalue weighted by Crippen LogP contribution is 2.32. The second-order valence-corrected chi connectivity index (χ2v) is 5.89. The van der Waals surface area contributed by atoms with Gasteiger partial charge in [0.15, 0.2) is 0 Å². The molecule has 1 aromatic carbocycles. The maximum absolute atomic E-state index is 9.09. The molecule has 0 amide bonds. The summed E-state index contributed by atoms with van der Waals surface area (Å²) in [4.78, 5) is 3.80. The van der Waals surface area contributed by atoms with Crippen LogP contribution in [0.5, 0.6) is 0 Å². The summed E-state index contributed by atoms with van der Waals surface area (Å²) in [6.45, 7) is 1.97. The lowest BCUT2D eigenvalue weighted by molar-refractivity contribution is 0.282. The summed E-state index contributed by atoms with van der Waals surface area (Å²) in [7, 11) is 0. The van der Waals surface area contributed by atoms with Gasteiger partial charge in [-0.15, -0.1) is 11.3 Å². The van der Waals surface area contributed by atoms with Crippen molar-refractivity contribution in [1.29, 1.82) is 0 Å². The van der Waals surface area contributed by atoms with Crippen molar-refractivity contribution < 1.29 is 5.11 Å². The fourth-order valence-electron chi connectivity index (χ4n) is 2.36. The Morgan fingerprint density at radius 1 is 1.33 bits per heavy atom. The van der Waals surface area contributed by atoms with Crippen molar-refractivity contribution in [2.75, 3.05) is 11.4 Å². The number of benzene rings is 1. The molecule has 0 saturated heterocycles. The maximum atomic E-state index is 9.09. The van der Waals surface area contributed by atoms with Gasteiger partial charge < -0.3 is 10.0 Å². The summed E-state index contributed by atoms with van der Waals surface area (Å²) in [6.07, 6.45) is 1.09. The summed E-state index contributed by atoms with van der Waals surface area (Å²) >= 11 is 8.13. The number of aliphatic hydroxyl groups is 1. The molecule has 1 N–H and O–H groups in total. The lowest BCUT2D eigenvalue weighted by atomic mass is 10.1. The number of halogens is 1. The van der Waals surface area contributed by atoms with Crippen LogP contribution >= 0.6 is 22.9 Å². The molecule has 0 aliphatic carbocycles. The summed E-state index contributed by atoms with van der Waals surface area (Å²) < 4.78 is 0. The molecule has 0 unspecified atom stereocenters. The number of nitrogens with zero attached hydrogens (tertiary/aromatic N) is 1. The highest BCUT2D eigenvalue weighted by atomic mass is 35.5. The van der Waals surface area contributed by atoms with Crippen LogP contribution in [0, 0.1) is 0 Å². The third-order valence-electron chi connectivity index (χ3n) is 3.34. The number of anilines is 1. The van der Waals surface area contributed by atoms with Crippen LogP contribution in [0.3, 0.4) is 0 Å². The zero-order valence-electron chi connectivity index (χ0n) is 9.90. The Morgan fingerprint density at radius 3 is 3.00 bits per heavy atom. The molecule has 0 atom stereocenters. The molecule has 0 radical (unpaired) electrons. The van der Waals surface area contributed by atoms with E-state index in [1.807, 2.05) is 29.5 Å². The maximum Gasteiger partial charge on any atom is 0.0682 e. The third kappa shape index (κ3) is 2.14. The van der Waals surface area contributed by atoms with Gasteiger partial charge in [0.25, 0.3) is 0 Å². The summed E-state index contributed by atoms with van der Waals surface area (Å²) in [5, 5.41) is 12.0. The Balaban J connectivity index is 1.88. The average molecular weight is 280 g/mol. The Labute approximate surface area is 115 Å². The van der Waals surface area contributed by atoms with E-state index < -0.39 is 0 Å². The van der Waals surface area contributed by atoms with Crippen molar-refractivity contribution in [3.63, 3.8) is 0 Å². The summed E-state index contributed by atoms with van der Waals surface area (Å²) in [6, 6.07) is 7.98. The van der Waals surface area contributed by atoms with E-state index in [0.29, 0.717) is 0 Å². The molecule has 94 valence electrons. The second kappa shape index (κ2) is 4.92. The molecule has 0 spiro atoms. The number of fused-ring (bicyclic) bond motifs is 1. The molecule has 1 aromatic heterocycles. The normalized spacial score (nSPS) is 14.7. The molecule has 0 fully saturated rings. The number of hydrogen-bond donors (Lipinski definition) is 1. The van der Waals surface area contributed by atoms with Crippen LogP contribution in [0.1, 0.15) is 16.0 Å². The first-order valence-electron chi connectivity index (χ1n) is 5.97. The third-order valence-corrected chi connectivity index (χ3v) is 4.67. The highest BCUT2D eigenvalue weighted by Gasteiger charge is 2.19. The van der Waals surface area contributed by atoms with Crippen LogP contribution in [0.15, 0.2) is 29.6 Å². The SMILES string of the molecule is OCc1ccc(N2CCc3sccc3C2)c(Cl)c1. The molecule has 2 heterocycles. The van der Waals surface area contributed by atoms with Crippen molar-refractivity contribution >= 4 is 28.6 Å². The largest absolute Gasteiger partial charge is 0.392 e. The smallest absolute Gasteiger partial charge is 0.0682 e. The molecule has 2 nitrogen and oxygen atoms in total. The van der Waals surface area contributed by atoms with Crippen LogP contribution in [-0.2, 0) is 19.6 Å². The monoisotopic (exact) mass is 279 g/mol. The Bertz CT molecular complexity index is 567. The quantitative estimate of drug-likeness (QED) is 0.910. The van der Waals surface area contributed by atoms with E-state index in [9.17, 15) is 0 Å². The Kier molecular flexibility index (Phi) is 3.29. The van der Waals surface area contributed by atoms with Crippen molar-refractivity contribution in [3.05, 3.63) is 50.7 Å². The number of hydrogen-bond acceptors (Lipinski definition) is 3. The van der Waals surface area contributed by atoms with E-state index in [4.69, 9.17) is 16.7 Å². The first-order valence-corrected chi connectivity index (χ1v) is 7.23. The minimum atomic E-state index is 0.0364. The summed E-state index contributed by atoms with van der Waals surface area (Å²) in [5.41, 5.74) is 3.33. The number of thiophene rings is 1. The van der Waals surface area contributed by atoms with Crippen LogP contribution in [-0.4, -0.2) is 11.7 Å². The van der Waals surface area contributed by atoms with Gasteiger partial charge in [-0.1, -0.05) is 17.7 Å². The van der Waals surface area contributed by atoms with Gasteiger partial charge in [-0.2, -0.15) is 0 Å². The van der Waals surface area contributed by atoms with E-state index >= 15 is 0 Å². The van der Waals surface area contributed by atoms with Crippen LogP contribution < -0.4 is 4.90 Å². The fourth-order valence-corrected chi connectivity index (χ4v) is 3.57. The van der Waals surface area contributed by atoms with Gasteiger partial charge >= 0.3 is 0 Å². The van der Waals surface area contributed by atoms with Gasteiger partial charge in [0, 0.05) is 18.0 Å². The van der Waals surface area contributed by atoms with Crippen LogP contribution in [0.2, 0.25) is 5.02 Å². The van der Waals surface area contributed by atoms with E-state index in [-0.39, 0.29) is 6.61 Å². The first kappa shape index (κ1) is 12.0. The van der Waals surface area contributed by atoms with Crippen molar-refractivity contribution in [2.45, 2.75) is 19.6 Å². The highest BCUT2D eigenvalue weighted by molar-refractivity contribution is 7.10. The predicted octanol–water partition coefficient (Wildman–Crippen LogP) is 3.46. The molecular weight excluding hydrogens is 266 g/mol. The first-order chi connectivity index (χ1) is 8.78.